The number of ether oxygens (including phenoxy) is 1. The third-order valence-electron chi connectivity index (χ3n) is 5.38. The minimum absolute atomic E-state index is 0.147. The van der Waals surface area contributed by atoms with Gasteiger partial charge in [-0.05, 0) is 12.1 Å². The summed E-state index contributed by atoms with van der Waals surface area (Å²) < 4.78 is 62.3. The summed E-state index contributed by atoms with van der Waals surface area (Å²) in [5.74, 6) is -1.50. The molecule has 1 unspecified atom stereocenters. The Balaban J connectivity index is 1.62. The maximum atomic E-state index is 13.9. The molecule has 146 valence electrons. The van der Waals surface area contributed by atoms with E-state index in [1.807, 2.05) is 0 Å². The summed E-state index contributed by atoms with van der Waals surface area (Å²) in [5.41, 5.74) is -2.45. The highest BCUT2D eigenvalue weighted by atomic mass is 19.3. The number of alkyl halides is 2. The molecule has 0 bridgehead atoms. The smallest absolute Gasteiger partial charge is 0.298 e. The molecule has 0 spiro atoms. The summed E-state index contributed by atoms with van der Waals surface area (Å²) in [6.45, 7) is 0.409. The Kier molecular flexibility index (Phi) is 3.76. The molecule has 3 aromatic rings. The lowest BCUT2D eigenvalue weighted by molar-refractivity contribution is 0.141. The fourth-order valence-corrected chi connectivity index (χ4v) is 3.89. The first-order valence-corrected chi connectivity index (χ1v) is 8.62. The molecule has 3 heterocycles. The number of rotatable bonds is 4. The van der Waals surface area contributed by atoms with E-state index in [-0.39, 0.29) is 28.9 Å². The third kappa shape index (κ3) is 2.45. The van der Waals surface area contributed by atoms with Gasteiger partial charge in [0.1, 0.15) is 22.8 Å². The van der Waals surface area contributed by atoms with Crippen molar-refractivity contribution in [3.05, 3.63) is 51.4 Å². The van der Waals surface area contributed by atoms with E-state index in [0.717, 1.165) is 16.8 Å². The Morgan fingerprint density at radius 2 is 1.82 bits per heavy atom. The number of benzene rings is 1. The topological polar surface area (TPSA) is 74.8 Å². The molecule has 1 aromatic carbocycles. The molecule has 1 aliphatic heterocycles. The van der Waals surface area contributed by atoms with E-state index in [0.29, 0.717) is 17.9 Å². The van der Waals surface area contributed by atoms with E-state index < -0.39 is 41.4 Å². The Morgan fingerprint density at radius 1 is 1.14 bits per heavy atom. The summed E-state index contributed by atoms with van der Waals surface area (Å²) in [6.07, 6.45) is -3.06. The molecule has 2 fully saturated rings. The van der Waals surface area contributed by atoms with Crippen LogP contribution in [0.1, 0.15) is 23.7 Å². The van der Waals surface area contributed by atoms with E-state index in [1.54, 1.807) is 0 Å². The van der Waals surface area contributed by atoms with Gasteiger partial charge >= 0.3 is 0 Å². The fourth-order valence-electron chi connectivity index (χ4n) is 3.89. The predicted molar refractivity (Wildman–Crippen MR) is 86.8 cm³/mol. The molecule has 11 heteroatoms. The maximum absolute atomic E-state index is 13.9. The molecule has 7 nitrogen and oxygen atoms in total. The van der Waals surface area contributed by atoms with Crippen LogP contribution in [0.3, 0.4) is 0 Å². The SMILES string of the molecule is O=c1c2nn(Cc3c(F)cccc3F)c(C(F)F)c2nnn1C1[C@H]2COC[C@@H]12. The zero-order chi connectivity index (χ0) is 19.6. The molecular formula is C17H13F4N5O2. The van der Waals surface area contributed by atoms with Gasteiger partial charge in [0, 0.05) is 17.4 Å². The normalized spacial score (nSPS) is 23.5. The number of aromatic nitrogens is 5. The summed E-state index contributed by atoms with van der Waals surface area (Å²) >= 11 is 0. The lowest BCUT2D eigenvalue weighted by Crippen LogP contribution is -2.26. The first-order chi connectivity index (χ1) is 13.5. The highest BCUT2D eigenvalue weighted by Gasteiger charge is 2.56. The molecule has 0 radical (unpaired) electrons. The molecular weight excluding hydrogens is 382 g/mol. The van der Waals surface area contributed by atoms with Crippen LogP contribution in [0.25, 0.3) is 11.0 Å². The Morgan fingerprint density at radius 3 is 2.46 bits per heavy atom. The zero-order valence-corrected chi connectivity index (χ0v) is 14.2. The van der Waals surface area contributed by atoms with Crippen LogP contribution in [0.2, 0.25) is 0 Å². The quantitative estimate of drug-likeness (QED) is 0.633. The second-order valence-corrected chi connectivity index (χ2v) is 6.94. The van der Waals surface area contributed by atoms with Crippen molar-refractivity contribution in [3.8, 4) is 0 Å². The molecule has 5 rings (SSSR count). The highest BCUT2D eigenvalue weighted by Crippen LogP contribution is 2.53. The van der Waals surface area contributed by atoms with Gasteiger partial charge in [0.05, 0.1) is 25.8 Å². The van der Waals surface area contributed by atoms with Gasteiger partial charge in [-0.25, -0.2) is 22.2 Å². The van der Waals surface area contributed by atoms with Gasteiger partial charge in [0.15, 0.2) is 5.52 Å². The van der Waals surface area contributed by atoms with Crippen molar-refractivity contribution in [2.24, 2.45) is 11.8 Å². The second kappa shape index (κ2) is 6.09. The van der Waals surface area contributed by atoms with Crippen LogP contribution in [-0.2, 0) is 11.3 Å². The number of hydrogen-bond donors (Lipinski definition) is 0. The van der Waals surface area contributed by atoms with Crippen LogP contribution >= 0.6 is 0 Å². The van der Waals surface area contributed by atoms with Crippen LogP contribution in [0.5, 0.6) is 0 Å². The van der Waals surface area contributed by atoms with Gasteiger partial charge < -0.3 is 4.74 Å². The zero-order valence-electron chi connectivity index (χ0n) is 14.2. The maximum Gasteiger partial charge on any atom is 0.298 e. The van der Waals surface area contributed by atoms with Crippen LogP contribution in [0.15, 0.2) is 23.0 Å². The Hall–Kier alpha value is -2.82. The Labute approximate surface area is 154 Å². The monoisotopic (exact) mass is 395 g/mol. The van der Waals surface area contributed by atoms with E-state index in [2.05, 4.69) is 15.4 Å². The van der Waals surface area contributed by atoms with E-state index in [1.165, 1.54) is 6.07 Å². The van der Waals surface area contributed by atoms with Gasteiger partial charge in [-0.2, -0.15) is 5.10 Å². The van der Waals surface area contributed by atoms with Crippen LogP contribution in [0.4, 0.5) is 17.6 Å². The molecule has 0 amide bonds. The highest BCUT2D eigenvalue weighted by molar-refractivity contribution is 5.75. The average molecular weight is 395 g/mol. The van der Waals surface area contributed by atoms with E-state index in [4.69, 9.17) is 4.74 Å². The van der Waals surface area contributed by atoms with Gasteiger partial charge in [0.25, 0.3) is 12.0 Å². The number of hydrogen-bond acceptors (Lipinski definition) is 5. The van der Waals surface area contributed by atoms with Crippen LogP contribution in [0, 0.1) is 23.5 Å². The molecule has 0 N–H and O–H groups in total. The third-order valence-corrected chi connectivity index (χ3v) is 5.38. The van der Waals surface area contributed by atoms with Gasteiger partial charge in [-0.15, -0.1) is 5.10 Å². The molecule has 3 atom stereocenters. The van der Waals surface area contributed by atoms with Crippen LogP contribution in [-0.4, -0.2) is 38.0 Å². The summed E-state index contributed by atoms with van der Waals surface area (Å²) in [6, 6.07) is 3.01. The first kappa shape index (κ1) is 17.3. The van der Waals surface area contributed by atoms with E-state index >= 15 is 0 Å². The number of halogens is 4. The predicted octanol–water partition coefficient (Wildman–Crippen LogP) is 2.07. The van der Waals surface area contributed by atoms with E-state index in [9.17, 15) is 22.4 Å². The lowest BCUT2D eigenvalue weighted by Gasteiger charge is -2.08. The Bertz CT molecular complexity index is 1110. The summed E-state index contributed by atoms with van der Waals surface area (Å²) in [7, 11) is 0. The second-order valence-electron chi connectivity index (χ2n) is 6.94. The van der Waals surface area contributed by atoms with Crippen molar-refractivity contribution in [2.75, 3.05) is 13.2 Å². The number of fused-ring (bicyclic) bond motifs is 2. The van der Waals surface area contributed by atoms with Crippen LogP contribution < -0.4 is 5.56 Å². The molecule has 2 aromatic heterocycles. The minimum Gasteiger partial charge on any atom is -0.381 e. The molecule has 1 saturated carbocycles. The number of nitrogens with zero attached hydrogens (tertiary/aromatic N) is 5. The van der Waals surface area contributed by atoms with Crippen molar-refractivity contribution >= 4 is 11.0 Å². The standard InChI is InChI=1S/C17H13F4N5O2/c18-10-2-1-3-11(19)7(10)4-25-15(16(20)21)12-13(23-25)17(27)26(24-22-12)14-8-5-28-6-9(8)14/h1-3,8-9,14,16H,4-6H2/t8-,9+,14?. The summed E-state index contributed by atoms with van der Waals surface area (Å²) in [4.78, 5) is 12.8. The first-order valence-electron chi connectivity index (χ1n) is 8.62. The molecule has 1 aliphatic carbocycles. The lowest BCUT2D eigenvalue weighted by atomic mass is 10.2. The molecule has 2 aliphatic rings. The van der Waals surface area contributed by atoms with Gasteiger partial charge in [-0.1, -0.05) is 11.3 Å². The van der Waals surface area contributed by atoms with Crippen molar-refractivity contribution in [3.63, 3.8) is 0 Å². The van der Waals surface area contributed by atoms with Crippen molar-refractivity contribution < 1.29 is 22.3 Å². The van der Waals surface area contributed by atoms with Crippen molar-refractivity contribution in [1.82, 2.24) is 24.8 Å². The minimum atomic E-state index is -3.06. The average Bonchev–Trinajstić information content (AvgIpc) is 3.01. The summed E-state index contributed by atoms with van der Waals surface area (Å²) in [5, 5.41) is 11.5. The van der Waals surface area contributed by atoms with Crippen molar-refractivity contribution in [1.29, 1.82) is 0 Å². The molecule has 1 saturated heterocycles. The van der Waals surface area contributed by atoms with Gasteiger partial charge in [-0.3, -0.25) is 9.48 Å². The van der Waals surface area contributed by atoms with Gasteiger partial charge in [0.2, 0.25) is 0 Å². The fraction of sp³-hybridized carbons (Fsp3) is 0.412. The largest absolute Gasteiger partial charge is 0.381 e. The molecule has 28 heavy (non-hydrogen) atoms. The van der Waals surface area contributed by atoms with Crippen molar-refractivity contribution in [2.45, 2.75) is 19.0 Å².